The number of hydrogen-bond acceptors (Lipinski definition) is 0. The Hall–Kier alpha value is 0.180. The van der Waals surface area contributed by atoms with Crippen LogP contribution in [0.2, 0.25) is 0 Å². The molecule has 0 bridgehead atoms. The monoisotopic (exact) mass is 261 g/mol. The van der Waals surface area contributed by atoms with Gasteiger partial charge in [0.05, 0.1) is 0 Å². The summed E-state index contributed by atoms with van der Waals surface area (Å²) >= 11 is 6.81. The van der Waals surface area contributed by atoms with Gasteiger partial charge in [-0.05, 0) is 30.2 Å². The zero-order chi connectivity index (χ0) is 7.56. The Labute approximate surface area is 77.9 Å². The quantitative estimate of drug-likeness (QED) is 0.723. The van der Waals surface area contributed by atoms with Crippen LogP contribution in [0.1, 0.15) is 12.5 Å². The molecule has 10 heavy (non-hydrogen) atoms. The lowest BCUT2D eigenvalue weighted by Crippen LogP contribution is -1.76. The van der Waals surface area contributed by atoms with Gasteiger partial charge in [-0.2, -0.15) is 0 Å². The van der Waals surface area contributed by atoms with Crippen molar-refractivity contribution in [1.29, 1.82) is 0 Å². The van der Waals surface area contributed by atoms with E-state index in [0.29, 0.717) is 0 Å². The minimum atomic E-state index is 1.11. The molecule has 0 aliphatic rings. The molecule has 0 nitrogen and oxygen atoms in total. The van der Waals surface area contributed by atoms with Gasteiger partial charge in [-0.3, -0.25) is 0 Å². The van der Waals surface area contributed by atoms with Crippen molar-refractivity contribution in [3.63, 3.8) is 0 Å². The molecule has 0 N–H and O–H groups in total. The molecule has 1 aromatic carbocycles. The summed E-state index contributed by atoms with van der Waals surface area (Å²) in [6, 6.07) is 6.17. The van der Waals surface area contributed by atoms with E-state index in [-0.39, 0.29) is 0 Å². The maximum atomic E-state index is 3.40. The van der Waals surface area contributed by atoms with Crippen molar-refractivity contribution >= 4 is 31.9 Å². The Morgan fingerprint density at radius 2 is 1.60 bits per heavy atom. The second-order valence-corrected chi connectivity index (χ2v) is 3.82. The second-order valence-electron chi connectivity index (χ2n) is 1.99. The molecule has 0 spiro atoms. The van der Waals surface area contributed by atoms with E-state index in [9.17, 15) is 0 Å². The summed E-state index contributed by atoms with van der Waals surface area (Å²) in [5.74, 6) is 0. The van der Waals surface area contributed by atoms with Crippen molar-refractivity contribution in [3.05, 3.63) is 39.1 Å². The summed E-state index contributed by atoms with van der Waals surface area (Å²) in [5, 5.41) is 0. The zero-order valence-corrected chi connectivity index (χ0v) is 8.74. The summed E-state index contributed by atoms with van der Waals surface area (Å²) in [5.41, 5.74) is 1.22. The first-order valence-electron chi connectivity index (χ1n) is 2.98. The van der Waals surface area contributed by atoms with Crippen LogP contribution in [0, 0.1) is 6.42 Å². The Bertz CT molecular complexity index is 210. The molecule has 0 fully saturated rings. The van der Waals surface area contributed by atoms with Crippen LogP contribution < -0.4 is 0 Å². The van der Waals surface area contributed by atoms with Gasteiger partial charge in [-0.25, -0.2) is 0 Å². The van der Waals surface area contributed by atoms with E-state index in [2.05, 4.69) is 50.4 Å². The molecule has 0 unspecified atom stereocenters. The minimum Gasteiger partial charge on any atom is -0.0578 e. The maximum Gasteiger partial charge on any atom is 0.0189 e. The predicted molar refractivity (Wildman–Crippen MR) is 50.9 cm³/mol. The predicted octanol–water partition coefficient (Wildman–Crippen LogP) is 3.78. The summed E-state index contributed by atoms with van der Waals surface area (Å²) in [6.07, 6.45) is 2.06. The molecule has 0 saturated heterocycles. The van der Waals surface area contributed by atoms with Crippen LogP contribution in [0.3, 0.4) is 0 Å². The van der Waals surface area contributed by atoms with Crippen molar-refractivity contribution in [1.82, 2.24) is 0 Å². The normalized spacial score (nSPS) is 9.90. The van der Waals surface area contributed by atoms with Gasteiger partial charge in [0.15, 0.2) is 0 Å². The van der Waals surface area contributed by atoms with E-state index < -0.39 is 0 Å². The molecule has 1 radical (unpaired) electrons. The van der Waals surface area contributed by atoms with Gasteiger partial charge in [-0.1, -0.05) is 38.8 Å². The number of benzene rings is 1. The fraction of sp³-hybridized carbons (Fsp3) is 0.125. The highest BCUT2D eigenvalue weighted by Gasteiger charge is 1.93. The zero-order valence-electron chi connectivity index (χ0n) is 5.57. The SMILES string of the molecule is C[CH]c1cc(Br)cc(Br)c1. The average molecular weight is 263 g/mol. The molecule has 0 aliphatic heterocycles. The molecule has 1 aromatic rings. The second kappa shape index (κ2) is 3.54. The fourth-order valence-electron chi connectivity index (χ4n) is 0.742. The number of rotatable bonds is 1. The molecular formula is C8H7Br2. The summed E-state index contributed by atoms with van der Waals surface area (Å²) < 4.78 is 2.21. The highest BCUT2D eigenvalue weighted by atomic mass is 79.9. The van der Waals surface area contributed by atoms with E-state index in [1.807, 2.05) is 13.0 Å². The smallest absolute Gasteiger partial charge is 0.0189 e. The fourth-order valence-corrected chi connectivity index (χ4v) is 2.07. The van der Waals surface area contributed by atoms with Gasteiger partial charge < -0.3 is 0 Å². The molecule has 2 heteroatoms. The summed E-state index contributed by atoms with van der Waals surface area (Å²) in [6.45, 7) is 2.02. The summed E-state index contributed by atoms with van der Waals surface area (Å²) in [4.78, 5) is 0. The first kappa shape index (κ1) is 8.28. The van der Waals surface area contributed by atoms with Gasteiger partial charge >= 0.3 is 0 Å². The lowest BCUT2D eigenvalue weighted by molar-refractivity contribution is 1.40. The molecule has 0 aliphatic carbocycles. The third-order valence-electron chi connectivity index (χ3n) is 1.22. The van der Waals surface area contributed by atoms with Crippen molar-refractivity contribution in [3.8, 4) is 0 Å². The van der Waals surface area contributed by atoms with Crippen molar-refractivity contribution < 1.29 is 0 Å². The van der Waals surface area contributed by atoms with Gasteiger partial charge in [0.1, 0.15) is 0 Å². The molecular weight excluding hydrogens is 256 g/mol. The third-order valence-corrected chi connectivity index (χ3v) is 2.13. The highest BCUT2D eigenvalue weighted by Crippen LogP contribution is 2.20. The maximum absolute atomic E-state index is 3.40. The van der Waals surface area contributed by atoms with Gasteiger partial charge in [0.2, 0.25) is 0 Å². The molecule has 0 amide bonds. The Kier molecular flexibility index (Phi) is 2.93. The minimum absolute atomic E-state index is 1.11. The molecule has 0 saturated carbocycles. The van der Waals surface area contributed by atoms with E-state index in [0.717, 1.165) is 8.95 Å². The molecule has 0 heterocycles. The van der Waals surface area contributed by atoms with Crippen LogP contribution in [0.15, 0.2) is 27.1 Å². The van der Waals surface area contributed by atoms with Gasteiger partial charge in [-0.15, -0.1) is 0 Å². The Morgan fingerprint density at radius 3 is 2.00 bits per heavy atom. The topological polar surface area (TPSA) is 0 Å². The number of hydrogen-bond donors (Lipinski definition) is 0. The van der Waals surface area contributed by atoms with Crippen molar-refractivity contribution in [2.24, 2.45) is 0 Å². The van der Waals surface area contributed by atoms with E-state index in [1.165, 1.54) is 5.56 Å². The van der Waals surface area contributed by atoms with Gasteiger partial charge in [0, 0.05) is 8.95 Å². The van der Waals surface area contributed by atoms with Crippen molar-refractivity contribution in [2.75, 3.05) is 0 Å². The van der Waals surface area contributed by atoms with Crippen molar-refractivity contribution in [2.45, 2.75) is 6.92 Å². The Morgan fingerprint density at radius 1 is 1.10 bits per heavy atom. The number of halogens is 2. The third kappa shape index (κ3) is 2.10. The van der Waals surface area contributed by atoms with Gasteiger partial charge in [0.25, 0.3) is 0 Å². The standard InChI is InChI=1S/C8H7Br2/c1-2-6-3-7(9)5-8(10)4-6/h2-5H,1H3. The van der Waals surface area contributed by atoms with Crippen LogP contribution in [-0.4, -0.2) is 0 Å². The van der Waals surface area contributed by atoms with E-state index in [4.69, 9.17) is 0 Å². The lowest BCUT2D eigenvalue weighted by atomic mass is 10.2. The Balaban J connectivity index is 3.06. The first-order valence-corrected chi connectivity index (χ1v) is 4.56. The molecule has 1 rings (SSSR count). The van der Waals surface area contributed by atoms with Crippen LogP contribution >= 0.6 is 31.9 Å². The van der Waals surface area contributed by atoms with Crippen LogP contribution in [0.4, 0.5) is 0 Å². The first-order chi connectivity index (χ1) is 4.72. The largest absolute Gasteiger partial charge is 0.0578 e. The molecule has 0 aromatic heterocycles. The highest BCUT2D eigenvalue weighted by molar-refractivity contribution is 9.11. The van der Waals surface area contributed by atoms with Crippen LogP contribution in [-0.2, 0) is 0 Å². The van der Waals surface area contributed by atoms with Crippen LogP contribution in [0.25, 0.3) is 0 Å². The van der Waals surface area contributed by atoms with E-state index >= 15 is 0 Å². The lowest BCUT2D eigenvalue weighted by Gasteiger charge is -1.97. The average Bonchev–Trinajstić information content (AvgIpc) is 1.85. The van der Waals surface area contributed by atoms with Crippen LogP contribution in [0.5, 0.6) is 0 Å². The van der Waals surface area contributed by atoms with E-state index in [1.54, 1.807) is 0 Å². The molecule has 53 valence electrons. The molecule has 0 atom stereocenters. The summed E-state index contributed by atoms with van der Waals surface area (Å²) in [7, 11) is 0.